The molecule has 0 unspecified atom stereocenters. The average Bonchev–Trinajstić information content (AvgIpc) is 2.65. The lowest BCUT2D eigenvalue weighted by atomic mass is 10.1. The summed E-state index contributed by atoms with van der Waals surface area (Å²) in [6.07, 6.45) is 16.6. The molecule has 25 heavy (non-hydrogen) atoms. The molecule has 0 saturated heterocycles. The van der Waals surface area contributed by atoms with E-state index in [1.807, 2.05) is 0 Å². The van der Waals surface area contributed by atoms with Gasteiger partial charge in [0.2, 0.25) is 0 Å². The molecule has 1 rings (SSSR count). The fourth-order valence-electron chi connectivity index (χ4n) is 3.15. The van der Waals surface area contributed by atoms with Crippen LogP contribution >= 0.6 is 31.9 Å². The molecular formula is C22H36Br2O. The van der Waals surface area contributed by atoms with E-state index >= 15 is 0 Å². The van der Waals surface area contributed by atoms with Crippen molar-refractivity contribution >= 4 is 31.9 Å². The number of hydrogen-bond acceptors (Lipinski definition) is 1. The van der Waals surface area contributed by atoms with Gasteiger partial charge in [-0.2, -0.15) is 0 Å². The van der Waals surface area contributed by atoms with Crippen molar-refractivity contribution in [3.63, 3.8) is 0 Å². The first kappa shape index (κ1) is 23.0. The lowest BCUT2D eigenvalue weighted by Crippen LogP contribution is -2.01. The molecule has 144 valence electrons. The number of hydrogen-bond donors (Lipinski definition) is 0. The van der Waals surface area contributed by atoms with Crippen LogP contribution in [0.3, 0.4) is 0 Å². The fraction of sp³-hybridized carbons (Fsp3) is 0.727. The van der Waals surface area contributed by atoms with Crippen molar-refractivity contribution in [2.45, 2.75) is 94.6 Å². The average molecular weight is 476 g/mol. The third kappa shape index (κ3) is 10.7. The predicted molar refractivity (Wildman–Crippen MR) is 118 cm³/mol. The van der Waals surface area contributed by atoms with Crippen LogP contribution in [0.5, 0.6) is 5.75 Å². The summed E-state index contributed by atoms with van der Waals surface area (Å²) in [5.41, 5.74) is 2.59. The third-order valence-electron chi connectivity index (χ3n) is 4.76. The molecule has 0 aliphatic carbocycles. The van der Waals surface area contributed by atoms with Crippen LogP contribution in [-0.4, -0.2) is 6.61 Å². The monoisotopic (exact) mass is 474 g/mol. The molecule has 0 aliphatic rings. The van der Waals surface area contributed by atoms with E-state index in [2.05, 4.69) is 57.0 Å². The van der Waals surface area contributed by atoms with E-state index in [9.17, 15) is 0 Å². The van der Waals surface area contributed by atoms with E-state index in [4.69, 9.17) is 4.74 Å². The number of benzene rings is 1. The van der Waals surface area contributed by atoms with Gasteiger partial charge in [0.05, 0.1) is 6.61 Å². The number of unbranched alkanes of at least 4 members (excludes halogenated alkanes) is 11. The van der Waals surface area contributed by atoms with Crippen LogP contribution in [0.1, 0.15) is 95.1 Å². The zero-order valence-corrected chi connectivity index (χ0v) is 19.2. The molecule has 0 radical (unpaired) electrons. The smallest absolute Gasteiger partial charge is 0.123 e. The molecule has 0 aliphatic heterocycles. The summed E-state index contributed by atoms with van der Waals surface area (Å²) < 4.78 is 6.01. The van der Waals surface area contributed by atoms with Crippen molar-refractivity contribution in [2.24, 2.45) is 0 Å². The van der Waals surface area contributed by atoms with Gasteiger partial charge in [0.25, 0.3) is 0 Å². The topological polar surface area (TPSA) is 9.23 Å². The van der Waals surface area contributed by atoms with E-state index in [-0.39, 0.29) is 0 Å². The Morgan fingerprint density at radius 1 is 0.720 bits per heavy atom. The highest BCUT2D eigenvalue weighted by molar-refractivity contribution is 9.09. The van der Waals surface area contributed by atoms with Crippen molar-refractivity contribution in [1.82, 2.24) is 0 Å². The molecule has 0 saturated carbocycles. The first-order valence-corrected chi connectivity index (χ1v) is 12.4. The van der Waals surface area contributed by atoms with Gasteiger partial charge in [0, 0.05) is 16.2 Å². The van der Waals surface area contributed by atoms with Gasteiger partial charge in [-0.25, -0.2) is 0 Å². The van der Waals surface area contributed by atoms with Crippen LogP contribution in [0.25, 0.3) is 0 Å². The highest BCUT2D eigenvalue weighted by atomic mass is 79.9. The summed E-state index contributed by atoms with van der Waals surface area (Å²) in [7, 11) is 0. The van der Waals surface area contributed by atoms with Crippen molar-refractivity contribution in [1.29, 1.82) is 0 Å². The van der Waals surface area contributed by atoms with Crippen molar-refractivity contribution in [3.8, 4) is 5.75 Å². The van der Waals surface area contributed by atoms with Gasteiger partial charge in [-0.15, -0.1) is 0 Å². The van der Waals surface area contributed by atoms with Crippen molar-refractivity contribution in [2.75, 3.05) is 6.61 Å². The Balaban J connectivity index is 1.99. The minimum Gasteiger partial charge on any atom is -0.493 e. The number of halogens is 2. The van der Waals surface area contributed by atoms with E-state index < -0.39 is 0 Å². The summed E-state index contributed by atoms with van der Waals surface area (Å²) in [4.78, 5) is 0. The van der Waals surface area contributed by atoms with Crippen LogP contribution in [0.4, 0.5) is 0 Å². The number of alkyl halides is 2. The minimum absolute atomic E-state index is 0.836. The molecule has 0 N–H and O–H groups in total. The van der Waals surface area contributed by atoms with E-state index in [1.54, 1.807) is 0 Å². The highest BCUT2D eigenvalue weighted by Gasteiger charge is 2.07. The van der Waals surface area contributed by atoms with Crippen LogP contribution in [0.15, 0.2) is 18.2 Å². The van der Waals surface area contributed by atoms with Gasteiger partial charge in [-0.05, 0) is 18.1 Å². The molecule has 0 bridgehead atoms. The Bertz CT molecular complexity index is 434. The molecule has 0 fully saturated rings. The van der Waals surface area contributed by atoms with Crippen molar-refractivity contribution in [3.05, 3.63) is 29.3 Å². The van der Waals surface area contributed by atoms with Gasteiger partial charge in [-0.3, -0.25) is 0 Å². The van der Waals surface area contributed by atoms with Gasteiger partial charge in [0.15, 0.2) is 0 Å². The fourth-order valence-corrected chi connectivity index (χ4v) is 4.31. The quantitative estimate of drug-likeness (QED) is 0.172. The third-order valence-corrected chi connectivity index (χ3v) is 5.93. The molecule has 1 nitrogen and oxygen atoms in total. The Morgan fingerprint density at radius 3 is 1.80 bits per heavy atom. The summed E-state index contributed by atoms with van der Waals surface area (Å²) >= 11 is 7.13. The van der Waals surface area contributed by atoms with Gasteiger partial charge >= 0.3 is 0 Å². The largest absolute Gasteiger partial charge is 0.493 e. The summed E-state index contributed by atoms with van der Waals surface area (Å²) in [6, 6.07) is 6.33. The summed E-state index contributed by atoms with van der Waals surface area (Å²) in [5.74, 6) is 1.04. The van der Waals surface area contributed by atoms with Crippen LogP contribution in [0.2, 0.25) is 0 Å². The van der Waals surface area contributed by atoms with Gasteiger partial charge in [0.1, 0.15) is 5.75 Å². The number of ether oxygens (including phenoxy) is 1. The second-order valence-corrected chi connectivity index (χ2v) is 8.02. The Kier molecular flexibility index (Phi) is 14.9. The Morgan fingerprint density at radius 2 is 1.28 bits per heavy atom. The molecule has 1 aromatic carbocycles. The summed E-state index contributed by atoms with van der Waals surface area (Å²) in [5, 5.41) is 1.73. The zero-order valence-electron chi connectivity index (χ0n) is 16.0. The number of rotatable bonds is 16. The molecule has 1 aromatic rings. The zero-order chi connectivity index (χ0) is 18.2. The van der Waals surface area contributed by atoms with Crippen LogP contribution in [-0.2, 0) is 10.7 Å². The normalized spacial score (nSPS) is 11.0. The second-order valence-electron chi connectivity index (χ2n) is 6.90. The SMILES string of the molecule is CCCCCCCCCCCCCCOc1cccc(CBr)c1CBr. The minimum atomic E-state index is 0.836. The molecular weight excluding hydrogens is 440 g/mol. The predicted octanol–water partition coefficient (Wildman–Crippen LogP) is 8.56. The van der Waals surface area contributed by atoms with E-state index in [0.717, 1.165) is 29.4 Å². The Labute approximate surface area is 172 Å². The lowest BCUT2D eigenvalue weighted by Gasteiger charge is -2.13. The lowest BCUT2D eigenvalue weighted by molar-refractivity contribution is 0.302. The second kappa shape index (κ2) is 16.2. The molecule has 0 heterocycles. The summed E-state index contributed by atoms with van der Waals surface area (Å²) in [6.45, 7) is 3.12. The maximum Gasteiger partial charge on any atom is 0.123 e. The van der Waals surface area contributed by atoms with Crippen molar-refractivity contribution < 1.29 is 4.74 Å². The van der Waals surface area contributed by atoms with Crippen LogP contribution in [0, 0.1) is 0 Å². The van der Waals surface area contributed by atoms with Gasteiger partial charge < -0.3 is 4.74 Å². The molecule has 3 heteroatoms. The van der Waals surface area contributed by atoms with E-state index in [0.29, 0.717) is 0 Å². The Hall–Kier alpha value is -0.0200. The first-order chi connectivity index (χ1) is 12.3. The van der Waals surface area contributed by atoms with Crippen LogP contribution < -0.4 is 4.74 Å². The molecule has 0 atom stereocenters. The maximum absolute atomic E-state index is 6.01. The van der Waals surface area contributed by atoms with E-state index in [1.165, 1.54) is 81.8 Å². The van der Waals surface area contributed by atoms with Gasteiger partial charge in [-0.1, -0.05) is 122 Å². The maximum atomic E-state index is 6.01. The first-order valence-electron chi connectivity index (χ1n) is 10.2. The molecule has 0 amide bonds. The standard InChI is InChI=1S/C22H36Br2O/c1-2-3-4-5-6-7-8-9-10-11-12-13-17-25-22-16-14-15-20(18-23)21(22)19-24/h14-16H,2-13,17-19H2,1H3. The molecule has 0 spiro atoms. The highest BCUT2D eigenvalue weighted by Crippen LogP contribution is 2.27. The molecule has 0 aromatic heterocycles.